The number of methoxy groups -OCH3 is 2. The number of nitrogens with two attached hydrogens (primary N) is 1. The van der Waals surface area contributed by atoms with Crippen LogP contribution in [0.5, 0.6) is 23.0 Å². The molecule has 282 valence electrons. The first-order valence-corrected chi connectivity index (χ1v) is 18.5. The lowest BCUT2D eigenvalue weighted by atomic mass is 9.80. The van der Waals surface area contributed by atoms with Gasteiger partial charge >= 0.3 is 0 Å². The first kappa shape index (κ1) is 37.6. The third-order valence-corrected chi connectivity index (χ3v) is 10.9. The molecule has 2 unspecified atom stereocenters. The van der Waals surface area contributed by atoms with E-state index in [1.165, 1.54) is 51.9 Å². The van der Waals surface area contributed by atoms with E-state index in [-0.39, 0.29) is 17.7 Å². The highest BCUT2D eigenvalue weighted by molar-refractivity contribution is 6.00. The van der Waals surface area contributed by atoms with Gasteiger partial charge in [0.25, 0.3) is 11.2 Å². The molecule has 52 heavy (non-hydrogen) atoms. The van der Waals surface area contributed by atoms with Crippen LogP contribution >= 0.6 is 0 Å². The van der Waals surface area contributed by atoms with Crippen molar-refractivity contribution in [3.63, 3.8) is 0 Å². The molecule has 0 saturated carbocycles. The van der Waals surface area contributed by atoms with Crippen LogP contribution in [0.4, 0.5) is 11.4 Å². The molecule has 0 aliphatic carbocycles. The summed E-state index contributed by atoms with van der Waals surface area (Å²) in [6, 6.07) is 6.95. The minimum atomic E-state index is -1.04. The second-order valence-electron chi connectivity index (χ2n) is 14.1. The molecule has 1 spiro atoms. The molecule has 2 aromatic rings. The van der Waals surface area contributed by atoms with Gasteiger partial charge in [0.15, 0.2) is 23.0 Å². The number of nitro benzene ring substituents is 1. The summed E-state index contributed by atoms with van der Waals surface area (Å²) in [4.78, 5) is 24.3. The topological polar surface area (TPSA) is 148 Å². The van der Waals surface area contributed by atoms with Crippen LogP contribution in [0.15, 0.2) is 29.3 Å². The molecule has 4 saturated heterocycles. The van der Waals surface area contributed by atoms with E-state index >= 15 is 0 Å². The number of amidine groups is 1. The van der Waals surface area contributed by atoms with E-state index in [2.05, 4.69) is 19.6 Å². The summed E-state index contributed by atoms with van der Waals surface area (Å²) in [7, 11) is 3.17. The Bertz CT molecular complexity index is 1620. The molecule has 0 radical (unpaired) electrons. The Morgan fingerprint density at radius 2 is 1.40 bits per heavy atom. The Kier molecular flexibility index (Phi) is 12.4. The number of ether oxygens (including phenoxy) is 6. The largest absolute Gasteiger partial charge is 0.493 e. The summed E-state index contributed by atoms with van der Waals surface area (Å²) in [5, 5.41) is 11.7. The molecule has 0 bridgehead atoms. The molecule has 5 aliphatic heterocycles. The number of likely N-dealkylation sites (tertiary alicyclic amines) is 2. The monoisotopic (exact) mass is 720 g/mol. The Labute approximate surface area is 306 Å². The van der Waals surface area contributed by atoms with E-state index in [0.29, 0.717) is 62.4 Å². The zero-order valence-corrected chi connectivity index (χ0v) is 30.5. The Morgan fingerprint density at radius 3 is 1.90 bits per heavy atom. The third-order valence-electron chi connectivity index (χ3n) is 10.9. The van der Waals surface area contributed by atoms with Gasteiger partial charge in [-0.2, -0.15) is 0 Å². The highest BCUT2D eigenvalue weighted by Crippen LogP contribution is 2.49. The van der Waals surface area contributed by atoms with Crippen molar-refractivity contribution in [2.45, 2.75) is 62.3 Å². The molecule has 2 aromatic carbocycles. The quantitative estimate of drug-likeness (QED) is 0.119. The number of hydrogen-bond donors (Lipinski definition) is 1. The van der Waals surface area contributed by atoms with Crippen LogP contribution < -0.4 is 24.7 Å². The van der Waals surface area contributed by atoms with Gasteiger partial charge in [0.2, 0.25) is 0 Å². The van der Waals surface area contributed by atoms with Gasteiger partial charge in [-0.15, -0.1) is 0 Å². The van der Waals surface area contributed by atoms with E-state index in [1.54, 1.807) is 13.2 Å². The van der Waals surface area contributed by atoms with E-state index in [9.17, 15) is 10.1 Å². The lowest BCUT2D eigenvalue weighted by Crippen LogP contribution is -2.39. The number of rotatable bonds is 14. The molecular weight excluding hydrogens is 668 g/mol. The lowest BCUT2D eigenvalue weighted by Gasteiger charge is -2.23. The van der Waals surface area contributed by atoms with E-state index < -0.39 is 10.5 Å². The van der Waals surface area contributed by atoms with E-state index in [1.807, 2.05) is 12.1 Å². The smallest absolute Gasteiger partial charge is 0.289 e. The van der Waals surface area contributed by atoms with Crippen molar-refractivity contribution < 1.29 is 33.3 Å². The van der Waals surface area contributed by atoms with Gasteiger partial charge in [0.05, 0.1) is 69.2 Å². The second-order valence-corrected chi connectivity index (χ2v) is 14.1. The number of aliphatic imine (C=N–C) groups is 1. The lowest BCUT2D eigenvalue weighted by molar-refractivity contribution is -0.386. The normalized spacial score (nSPS) is 23.9. The van der Waals surface area contributed by atoms with Crippen molar-refractivity contribution in [1.29, 1.82) is 0 Å². The van der Waals surface area contributed by atoms with E-state index in [4.69, 9.17) is 40.7 Å². The molecule has 0 aromatic heterocycles. The second kappa shape index (κ2) is 17.1. The SMILES string of the molecule is COc1cc2c(cc1OCCCN1CCCC1)N=C(N)C21CCOC1.[C-]#[N+]C1(c2cc(OC)c(OCCCN3CCCC3)cc2[N+](=O)[O-])CCOC1. The number of nitrogens with zero attached hydrogens (tertiary/aromatic N) is 5. The predicted octanol–water partition coefficient (Wildman–Crippen LogP) is 5.22. The van der Waals surface area contributed by atoms with Gasteiger partial charge in [0.1, 0.15) is 18.0 Å². The van der Waals surface area contributed by atoms with Gasteiger partial charge in [0, 0.05) is 31.8 Å². The molecule has 14 heteroatoms. The fourth-order valence-corrected chi connectivity index (χ4v) is 7.86. The molecule has 2 atom stereocenters. The Balaban J connectivity index is 0.000000179. The van der Waals surface area contributed by atoms with Gasteiger partial charge in [-0.25, -0.2) is 11.6 Å². The van der Waals surface area contributed by atoms with Gasteiger partial charge in [-0.05, 0) is 82.8 Å². The number of fused-ring (bicyclic) bond motifs is 2. The molecule has 5 heterocycles. The maximum absolute atomic E-state index is 11.7. The molecule has 0 amide bonds. The Hall–Kier alpha value is -4.16. The molecule has 2 N–H and O–H groups in total. The fourth-order valence-electron chi connectivity index (χ4n) is 7.86. The average Bonchev–Trinajstić information content (AvgIpc) is 4.02. The van der Waals surface area contributed by atoms with Gasteiger partial charge < -0.3 is 48.8 Å². The summed E-state index contributed by atoms with van der Waals surface area (Å²) < 4.78 is 33.7. The van der Waals surface area contributed by atoms with Crippen LogP contribution in [0, 0.1) is 16.7 Å². The average molecular weight is 721 g/mol. The Morgan fingerprint density at radius 1 is 0.846 bits per heavy atom. The minimum Gasteiger partial charge on any atom is -0.493 e. The number of nitro groups is 1. The van der Waals surface area contributed by atoms with Crippen molar-refractivity contribution in [3.8, 4) is 23.0 Å². The minimum absolute atomic E-state index is 0.119. The highest BCUT2D eigenvalue weighted by Gasteiger charge is 2.49. The summed E-state index contributed by atoms with van der Waals surface area (Å²) in [6.07, 6.45) is 8.30. The van der Waals surface area contributed by atoms with Crippen molar-refractivity contribution >= 4 is 17.2 Å². The van der Waals surface area contributed by atoms with Crippen LogP contribution in [0.3, 0.4) is 0 Å². The predicted molar refractivity (Wildman–Crippen MR) is 196 cm³/mol. The molecule has 7 rings (SSSR count). The summed E-state index contributed by atoms with van der Waals surface area (Å²) in [5.74, 6) is 2.89. The van der Waals surface area contributed by atoms with E-state index in [0.717, 1.165) is 68.2 Å². The number of hydrogen-bond acceptors (Lipinski definition) is 12. The highest BCUT2D eigenvalue weighted by atomic mass is 16.6. The van der Waals surface area contributed by atoms with Crippen molar-refractivity contribution in [2.24, 2.45) is 10.7 Å². The molecule has 14 nitrogen and oxygen atoms in total. The van der Waals surface area contributed by atoms with Crippen molar-refractivity contribution in [1.82, 2.24) is 9.80 Å². The fraction of sp³-hybridized carbons (Fsp3) is 0.632. The van der Waals surface area contributed by atoms with Gasteiger partial charge in [-0.3, -0.25) is 10.1 Å². The standard InChI is InChI=1S/C19H25N3O5.C19H27N3O3/c1-20-19(6-11-26-14-19)15-12-17(25-2)18(13-16(15)22(23)24)27-10-5-9-21-7-3-4-8-21;1-23-16-11-14-15(21-18(20)19(14)5-10-24-13-19)12-17(16)25-9-4-8-22-6-2-3-7-22/h12-13H,3-11,14H2,2H3;11-12H,2-10,13H2,1H3,(H2,20,21). The van der Waals surface area contributed by atoms with Crippen molar-refractivity contribution in [3.05, 3.63) is 56.9 Å². The zero-order chi connectivity index (χ0) is 36.6. The van der Waals surface area contributed by atoms with Crippen LogP contribution in [0.25, 0.3) is 4.85 Å². The first-order valence-electron chi connectivity index (χ1n) is 18.5. The zero-order valence-electron chi connectivity index (χ0n) is 30.5. The summed E-state index contributed by atoms with van der Waals surface area (Å²) >= 11 is 0. The summed E-state index contributed by atoms with van der Waals surface area (Å²) in [6.45, 7) is 17.3. The van der Waals surface area contributed by atoms with Crippen molar-refractivity contribution in [2.75, 3.05) is 93.1 Å². The third kappa shape index (κ3) is 8.07. The maximum atomic E-state index is 11.7. The van der Waals surface area contributed by atoms with Crippen LogP contribution in [0.2, 0.25) is 0 Å². The van der Waals surface area contributed by atoms with Crippen LogP contribution in [-0.4, -0.2) is 114 Å². The van der Waals surface area contributed by atoms with Crippen LogP contribution in [-0.2, 0) is 20.4 Å². The number of benzene rings is 2. The molecule has 5 aliphatic rings. The molecule has 4 fully saturated rings. The molecular formula is C38H52N6O8. The van der Waals surface area contributed by atoms with Crippen LogP contribution in [0.1, 0.15) is 62.5 Å². The summed E-state index contributed by atoms with van der Waals surface area (Å²) in [5.41, 5.74) is 7.13. The maximum Gasteiger partial charge on any atom is 0.289 e. The first-order chi connectivity index (χ1) is 25.3. The van der Waals surface area contributed by atoms with Gasteiger partial charge in [-0.1, -0.05) is 0 Å².